The number of benzene rings is 1. The lowest BCUT2D eigenvalue weighted by atomic mass is 10.1. The number of unbranched alkanes of at least 4 members (excludes halogenated alkanes) is 3. The number of nitrogens with zero attached hydrogens (tertiary/aromatic N) is 1. The average Bonchev–Trinajstić information content (AvgIpc) is 3.06. The maximum Gasteiger partial charge on any atom is 0.490 e. The third kappa shape index (κ3) is 9.35. The van der Waals surface area contributed by atoms with Crippen molar-refractivity contribution >= 4 is 22.8 Å². The minimum Gasteiger partial charge on any atom is -0.475 e. The molecule has 0 fully saturated rings. The number of alkyl halides is 5. The fourth-order valence-corrected chi connectivity index (χ4v) is 3.09. The molecule has 0 radical (unpaired) electrons. The predicted octanol–water partition coefficient (Wildman–Crippen LogP) is 6.58. The number of aliphatic carboxylic acids is 1. The topological polar surface area (TPSA) is 68.5 Å². The summed E-state index contributed by atoms with van der Waals surface area (Å²) in [5, 5.41) is 7.43. The van der Waals surface area contributed by atoms with E-state index < -0.39 is 36.9 Å². The van der Waals surface area contributed by atoms with E-state index in [4.69, 9.17) is 14.6 Å². The highest BCUT2D eigenvalue weighted by Gasteiger charge is 2.38. The second kappa shape index (κ2) is 13.1. The van der Waals surface area contributed by atoms with E-state index in [9.17, 15) is 31.1 Å². The van der Waals surface area contributed by atoms with Gasteiger partial charge in [0.2, 0.25) is 0 Å². The Bertz CT molecular complexity index is 910. The third-order valence-corrected chi connectivity index (χ3v) is 4.75. The normalized spacial score (nSPS) is 12.4. The van der Waals surface area contributed by atoms with Crippen molar-refractivity contribution in [1.29, 1.82) is 0 Å². The van der Waals surface area contributed by atoms with Crippen LogP contribution in [0.1, 0.15) is 62.7 Å². The van der Waals surface area contributed by atoms with E-state index in [2.05, 4.69) is 6.92 Å². The van der Waals surface area contributed by atoms with Gasteiger partial charge in [-0.25, -0.2) is 22.8 Å². The molecule has 1 unspecified atom stereocenters. The quantitative estimate of drug-likeness (QED) is 0.235. The van der Waals surface area contributed by atoms with Crippen molar-refractivity contribution in [3.63, 3.8) is 0 Å². The fourth-order valence-electron chi connectivity index (χ4n) is 3.09. The van der Waals surface area contributed by atoms with Crippen LogP contribution in [0.15, 0.2) is 24.4 Å². The van der Waals surface area contributed by atoms with Crippen LogP contribution in [0.5, 0.6) is 0 Å². The summed E-state index contributed by atoms with van der Waals surface area (Å²) in [5.41, 5.74) is 0.529. The summed E-state index contributed by atoms with van der Waals surface area (Å²) in [6.07, 6.45) is -0.749. The maximum atomic E-state index is 13.6. The Morgan fingerprint density at radius 1 is 1.12 bits per heavy atom. The first kappa shape index (κ1) is 28.3. The molecule has 0 spiro atoms. The lowest BCUT2D eigenvalue weighted by Gasteiger charge is -2.15. The van der Waals surface area contributed by atoms with Crippen molar-refractivity contribution in [2.45, 2.75) is 77.6 Å². The summed E-state index contributed by atoms with van der Waals surface area (Å²) in [6, 6.07) is 3.80. The van der Waals surface area contributed by atoms with Gasteiger partial charge in [-0.3, -0.25) is 0 Å². The van der Waals surface area contributed by atoms with E-state index in [1.54, 1.807) is 0 Å². The Labute approximate surface area is 187 Å². The van der Waals surface area contributed by atoms with Crippen molar-refractivity contribution in [3.05, 3.63) is 35.8 Å². The number of hydrogen-bond donors (Lipinski definition) is 1. The smallest absolute Gasteiger partial charge is 0.475 e. The molecule has 1 heterocycles. The highest BCUT2D eigenvalue weighted by molar-refractivity contribution is 6.04. The van der Waals surface area contributed by atoms with Gasteiger partial charge in [-0.2, -0.15) is 13.2 Å². The number of carboxylic acids is 1. The van der Waals surface area contributed by atoms with E-state index in [-0.39, 0.29) is 11.7 Å². The van der Waals surface area contributed by atoms with E-state index >= 15 is 0 Å². The standard InChI is InChI=1S/C20H26F3NO2.C2HF3O2/c1-3-5-6-7-8-15(4-2)26-20(25)17-12-24(13-19(22)23)18-10-9-14(21)11-16(17)18;3-2(4,5)1(6)7/h9-12,15,19H,3-8,13H2,1-2H3;(H,6,7). The average molecular weight is 483 g/mol. The van der Waals surface area contributed by atoms with E-state index in [0.29, 0.717) is 17.3 Å². The summed E-state index contributed by atoms with van der Waals surface area (Å²) in [5.74, 6) is -3.86. The molecule has 0 saturated heterocycles. The monoisotopic (exact) mass is 483 g/mol. The molecule has 11 heteroatoms. The van der Waals surface area contributed by atoms with Gasteiger partial charge in [0, 0.05) is 17.1 Å². The number of ether oxygens (including phenoxy) is 1. The molecule has 0 aliphatic rings. The lowest BCUT2D eigenvalue weighted by Crippen LogP contribution is -2.21. The fraction of sp³-hybridized carbons (Fsp3) is 0.545. The van der Waals surface area contributed by atoms with Crippen LogP contribution in [-0.2, 0) is 16.1 Å². The zero-order valence-electron chi connectivity index (χ0n) is 18.3. The van der Waals surface area contributed by atoms with Crippen LogP contribution in [0.4, 0.5) is 26.3 Å². The largest absolute Gasteiger partial charge is 0.490 e. The molecule has 1 aromatic carbocycles. The van der Waals surface area contributed by atoms with Crippen LogP contribution in [0, 0.1) is 5.82 Å². The minimum absolute atomic E-state index is 0.132. The minimum atomic E-state index is -5.08. The molecule has 1 atom stereocenters. The molecule has 33 heavy (non-hydrogen) atoms. The Morgan fingerprint density at radius 2 is 1.76 bits per heavy atom. The number of rotatable bonds is 10. The molecule has 1 N–H and O–H groups in total. The molecule has 0 aliphatic heterocycles. The van der Waals surface area contributed by atoms with Gasteiger partial charge in [-0.05, 0) is 37.5 Å². The first-order valence-corrected chi connectivity index (χ1v) is 10.5. The van der Waals surface area contributed by atoms with Gasteiger partial charge in [0.25, 0.3) is 6.43 Å². The molecule has 0 aliphatic carbocycles. The molecule has 2 aromatic rings. The Morgan fingerprint density at radius 3 is 2.27 bits per heavy atom. The Hall–Kier alpha value is -2.72. The van der Waals surface area contributed by atoms with Crippen molar-refractivity contribution in [2.75, 3.05) is 0 Å². The number of halogens is 6. The SMILES string of the molecule is CCCCCCC(CC)OC(=O)c1cn(CC(F)F)c2ccc(F)cc12.O=C(O)C(F)(F)F. The summed E-state index contributed by atoms with van der Waals surface area (Å²) in [4.78, 5) is 21.5. The van der Waals surface area contributed by atoms with Crippen LogP contribution in [-0.4, -0.2) is 40.3 Å². The van der Waals surface area contributed by atoms with Crippen LogP contribution in [0.3, 0.4) is 0 Å². The van der Waals surface area contributed by atoms with Crippen molar-refractivity contribution in [2.24, 2.45) is 0 Å². The zero-order chi connectivity index (χ0) is 25.2. The molecular weight excluding hydrogens is 456 g/mol. The lowest BCUT2D eigenvalue weighted by molar-refractivity contribution is -0.192. The van der Waals surface area contributed by atoms with Crippen molar-refractivity contribution in [1.82, 2.24) is 4.57 Å². The number of fused-ring (bicyclic) bond motifs is 1. The summed E-state index contributed by atoms with van der Waals surface area (Å²) in [6.45, 7) is 3.52. The van der Waals surface area contributed by atoms with E-state index in [1.165, 1.54) is 29.0 Å². The van der Waals surface area contributed by atoms with Crippen LogP contribution in [0.2, 0.25) is 0 Å². The van der Waals surface area contributed by atoms with Gasteiger partial charge in [-0.15, -0.1) is 0 Å². The first-order chi connectivity index (χ1) is 15.4. The highest BCUT2D eigenvalue weighted by Crippen LogP contribution is 2.25. The van der Waals surface area contributed by atoms with Gasteiger partial charge < -0.3 is 14.4 Å². The van der Waals surface area contributed by atoms with Crippen LogP contribution >= 0.6 is 0 Å². The molecular formula is C22H27F6NO4. The molecule has 0 bridgehead atoms. The molecule has 0 amide bonds. The maximum absolute atomic E-state index is 13.6. The summed E-state index contributed by atoms with van der Waals surface area (Å²) >= 11 is 0. The number of aromatic nitrogens is 1. The van der Waals surface area contributed by atoms with Crippen LogP contribution < -0.4 is 0 Å². The molecule has 2 rings (SSSR count). The Kier molecular flexibility index (Phi) is 11.2. The summed E-state index contributed by atoms with van der Waals surface area (Å²) in [7, 11) is 0. The van der Waals surface area contributed by atoms with Crippen LogP contribution in [0.25, 0.3) is 10.9 Å². The first-order valence-electron chi connectivity index (χ1n) is 10.5. The van der Waals surface area contributed by atoms with Crippen molar-refractivity contribution in [3.8, 4) is 0 Å². The number of carboxylic acid groups (broad SMARTS) is 1. The van der Waals surface area contributed by atoms with Gasteiger partial charge in [-0.1, -0.05) is 33.1 Å². The number of hydrogen-bond acceptors (Lipinski definition) is 3. The van der Waals surface area contributed by atoms with Gasteiger partial charge >= 0.3 is 18.1 Å². The second-order valence-corrected chi connectivity index (χ2v) is 7.34. The highest BCUT2D eigenvalue weighted by atomic mass is 19.4. The predicted molar refractivity (Wildman–Crippen MR) is 110 cm³/mol. The Balaban J connectivity index is 0.000000675. The molecule has 5 nitrogen and oxygen atoms in total. The molecule has 186 valence electrons. The summed E-state index contributed by atoms with van der Waals surface area (Å²) < 4.78 is 77.8. The van der Waals surface area contributed by atoms with E-state index in [1.807, 2.05) is 6.92 Å². The number of carbonyl (C=O) groups is 2. The van der Waals surface area contributed by atoms with Gasteiger partial charge in [0.05, 0.1) is 12.1 Å². The van der Waals surface area contributed by atoms with Crippen molar-refractivity contribution < 1.29 is 45.8 Å². The number of carbonyl (C=O) groups excluding carboxylic acids is 1. The van der Waals surface area contributed by atoms with Gasteiger partial charge in [0.15, 0.2) is 0 Å². The zero-order valence-corrected chi connectivity index (χ0v) is 18.3. The second-order valence-electron chi connectivity index (χ2n) is 7.34. The van der Waals surface area contributed by atoms with E-state index in [0.717, 1.165) is 32.1 Å². The third-order valence-electron chi connectivity index (χ3n) is 4.75. The molecule has 0 saturated carbocycles. The van der Waals surface area contributed by atoms with Gasteiger partial charge in [0.1, 0.15) is 11.9 Å². The molecule has 1 aromatic heterocycles. The number of esters is 1.